The first kappa shape index (κ1) is 12.4. The van der Waals surface area contributed by atoms with Crippen LogP contribution in [0.5, 0.6) is 0 Å². The molecule has 1 aliphatic carbocycles. The molecule has 1 amide bonds. The molecule has 1 heterocycles. The number of amides is 1. The molecule has 94 valence electrons. The van der Waals surface area contributed by atoms with Gasteiger partial charge in [-0.05, 0) is 36.8 Å². The van der Waals surface area contributed by atoms with Gasteiger partial charge in [-0.1, -0.05) is 17.3 Å². The highest BCUT2D eigenvalue weighted by Crippen LogP contribution is 2.27. The second kappa shape index (κ2) is 5.55. The summed E-state index contributed by atoms with van der Waals surface area (Å²) >= 11 is 1.21. The summed E-state index contributed by atoms with van der Waals surface area (Å²) in [6.07, 6.45) is 4.56. The summed E-state index contributed by atoms with van der Waals surface area (Å²) in [4.78, 5) is 14.0. The van der Waals surface area contributed by atoms with Crippen LogP contribution in [-0.2, 0) is 0 Å². The van der Waals surface area contributed by atoms with Crippen LogP contribution in [0.15, 0.2) is 5.38 Å². The molecule has 2 atom stereocenters. The first-order chi connectivity index (χ1) is 8.24. The highest BCUT2D eigenvalue weighted by molar-refractivity contribution is 7.03. The van der Waals surface area contributed by atoms with Crippen molar-refractivity contribution < 1.29 is 4.79 Å². The zero-order valence-electron chi connectivity index (χ0n) is 10.0. The molecule has 6 heteroatoms. The molecule has 5 nitrogen and oxygen atoms in total. The van der Waals surface area contributed by atoms with Gasteiger partial charge in [-0.3, -0.25) is 4.79 Å². The van der Waals surface area contributed by atoms with Crippen LogP contribution in [0.3, 0.4) is 0 Å². The van der Waals surface area contributed by atoms with Crippen LogP contribution in [-0.4, -0.2) is 40.0 Å². The van der Waals surface area contributed by atoms with Gasteiger partial charge in [0.2, 0.25) is 0 Å². The highest BCUT2D eigenvalue weighted by atomic mass is 32.1. The molecule has 0 saturated heterocycles. The Hall–Kier alpha value is -1.01. The minimum atomic E-state index is -0.0379. The Balaban J connectivity index is 2.07. The molecule has 2 N–H and O–H groups in total. The zero-order chi connectivity index (χ0) is 12.3. The van der Waals surface area contributed by atoms with Gasteiger partial charge in [0, 0.05) is 18.5 Å². The summed E-state index contributed by atoms with van der Waals surface area (Å²) in [5.41, 5.74) is 6.23. The minimum absolute atomic E-state index is 0.0379. The molecule has 1 saturated carbocycles. The van der Waals surface area contributed by atoms with Crippen molar-refractivity contribution in [2.45, 2.75) is 31.7 Å². The van der Waals surface area contributed by atoms with Crippen LogP contribution in [0.2, 0.25) is 0 Å². The quantitative estimate of drug-likeness (QED) is 0.877. The summed E-state index contributed by atoms with van der Waals surface area (Å²) in [6, 6.07) is 0.253. The third-order valence-electron chi connectivity index (χ3n) is 3.57. The minimum Gasteiger partial charge on any atom is -0.337 e. The van der Waals surface area contributed by atoms with Crippen LogP contribution < -0.4 is 5.73 Å². The lowest BCUT2D eigenvalue weighted by molar-refractivity contribution is 0.0614. The van der Waals surface area contributed by atoms with Gasteiger partial charge in [0.15, 0.2) is 5.69 Å². The highest BCUT2D eigenvalue weighted by Gasteiger charge is 2.30. The summed E-state index contributed by atoms with van der Waals surface area (Å²) in [6.45, 7) is 0.650. The fourth-order valence-electron chi connectivity index (χ4n) is 2.56. The van der Waals surface area contributed by atoms with E-state index in [0.29, 0.717) is 18.2 Å². The largest absolute Gasteiger partial charge is 0.337 e. The molecule has 0 radical (unpaired) electrons. The van der Waals surface area contributed by atoms with Crippen molar-refractivity contribution in [3.63, 3.8) is 0 Å². The topological polar surface area (TPSA) is 72.1 Å². The SMILES string of the molecule is CN(C(=O)c1csnn1)C1CCCCC1CN. The van der Waals surface area contributed by atoms with E-state index in [0.717, 1.165) is 12.8 Å². The Kier molecular flexibility index (Phi) is 4.06. The molecule has 17 heavy (non-hydrogen) atoms. The Morgan fingerprint density at radius 2 is 2.35 bits per heavy atom. The van der Waals surface area contributed by atoms with Crippen LogP contribution in [0.1, 0.15) is 36.2 Å². The van der Waals surface area contributed by atoms with Crippen LogP contribution in [0.25, 0.3) is 0 Å². The van der Waals surface area contributed by atoms with Crippen LogP contribution in [0, 0.1) is 5.92 Å². The van der Waals surface area contributed by atoms with Crippen molar-refractivity contribution in [2.24, 2.45) is 11.7 Å². The predicted octanol–water partition coefficient (Wildman–Crippen LogP) is 1.13. The lowest BCUT2D eigenvalue weighted by Gasteiger charge is -2.37. The summed E-state index contributed by atoms with van der Waals surface area (Å²) < 4.78 is 3.73. The predicted molar refractivity (Wildman–Crippen MR) is 66.8 cm³/mol. The van der Waals surface area contributed by atoms with E-state index in [9.17, 15) is 4.79 Å². The molecular weight excluding hydrogens is 236 g/mol. The molecule has 2 unspecified atom stereocenters. The van der Waals surface area contributed by atoms with Crippen molar-refractivity contribution in [1.29, 1.82) is 0 Å². The summed E-state index contributed by atoms with van der Waals surface area (Å²) in [5.74, 6) is 0.383. The number of hydrogen-bond acceptors (Lipinski definition) is 5. The van der Waals surface area contributed by atoms with Crippen molar-refractivity contribution >= 4 is 17.4 Å². The Morgan fingerprint density at radius 1 is 1.59 bits per heavy atom. The fourth-order valence-corrected chi connectivity index (χ4v) is 2.99. The van der Waals surface area contributed by atoms with Crippen molar-refractivity contribution in [2.75, 3.05) is 13.6 Å². The fraction of sp³-hybridized carbons (Fsp3) is 0.727. The maximum Gasteiger partial charge on any atom is 0.275 e. The molecule has 0 bridgehead atoms. The van der Waals surface area contributed by atoms with Crippen molar-refractivity contribution in [3.8, 4) is 0 Å². The maximum absolute atomic E-state index is 12.2. The van der Waals surface area contributed by atoms with E-state index in [1.165, 1.54) is 24.4 Å². The van der Waals surface area contributed by atoms with Gasteiger partial charge < -0.3 is 10.6 Å². The number of rotatable bonds is 3. The molecule has 0 aliphatic heterocycles. The van der Waals surface area contributed by atoms with E-state index < -0.39 is 0 Å². The standard InChI is InChI=1S/C11H18N4OS/c1-15(11(16)9-7-17-14-13-9)10-5-3-2-4-8(10)6-12/h7-8,10H,2-6,12H2,1H3. The molecule has 1 aromatic rings. The van der Waals surface area contributed by atoms with E-state index in [1.807, 2.05) is 7.05 Å². The van der Waals surface area contributed by atoms with Gasteiger partial charge in [-0.25, -0.2) is 0 Å². The van der Waals surface area contributed by atoms with Gasteiger partial charge >= 0.3 is 0 Å². The van der Waals surface area contributed by atoms with Crippen molar-refractivity contribution in [1.82, 2.24) is 14.5 Å². The van der Waals surface area contributed by atoms with E-state index in [-0.39, 0.29) is 11.9 Å². The molecule has 2 rings (SSSR count). The average molecular weight is 254 g/mol. The van der Waals surface area contributed by atoms with Gasteiger partial charge in [-0.15, -0.1) is 5.10 Å². The first-order valence-electron chi connectivity index (χ1n) is 5.98. The second-order valence-corrected chi connectivity index (χ2v) is 5.16. The molecule has 0 aromatic carbocycles. The van der Waals surface area contributed by atoms with E-state index in [4.69, 9.17) is 5.73 Å². The maximum atomic E-state index is 12.2. The smallest absolute Gasteiger partial charge is 0.275 e. The monoisotopic (exact) mass is 254 g/mol. The summed E-state index contributed by atoms with van der Waals surface area (Å²) in [7, 11) is 1.85. The van der Waals surface area contributed by atoms with Gasteiger partial charge in [0.05, 0.1) is 0 Å². The Morgan fingerprint density at radius 3 is 3.00 bits per heavy atom. The number of carbonyl (C=O) groups excluding carboxylic acids is 1. The number of carbonyl (C=O) groups is 1. The number of nitrogens with two attached hydrogens (primary N) is 1. The van der Waals surface area contributed by atoms with E-state index in [2.05, 4.69) is 9.59 Å². The first-order valence-corrected chi connectivity index (χ1v) is 6.82. The molecule has 1 aromatic heterocycles. The second-order valence-electron chi connectivity index (χ2n) is 4.55. The molecular formula is C11H18N4OS. The Bertz CT molecular complexity index is 368. The van der Waals surface area contributed by atoms with Crippen molar-refractivity contribution in [3.05, 3.63) is 11.1 Å². The number of nitrogens with zero attached hydrogens (tertiary/aromatic N) is 3. The zero-order valence-corrected chi connectivity index (χ0v) is 10.8. The van der Waals surface area contributed by atoms with E-state index in [1.54, 1.807) is 10.3 Å². The van der Waals surface area contributed by atoms with E-state index >= 15 is 0 Å². The average Bonchev–Trinajstić information content (AvgIpc) is 2.90. The summed E-state index contributed by atoms with van der Waals surface area (Å²) in [5, 5.41) is 5.52. The van der Waals surface area contributed by atoms with Gasteiger partial charge in [-0.2, -0.15) is 0 Å². The number of aromatic nitrogens is 2. The van der Waals surface area contributed by atoms with Crippen LogP contribution >= 0.6 is 11.5 Å². The lowest BCUT2D eigenvalue weighted by atomic mass is 9.83. The third kappa shape index (κ3) is 2.63. The molecule has 0 spiro atoms. The molecule has 1 fully saturated rings. The van der Waals surface area contributed by atoms with Crippen LogP contribution in [0.4, 0.5) is 0 Å². The Labute approximate surface area is 105 Å². The lowest BCUT2D eigenvalue weighted by Crippen LogP contribution is -2.46. The normalized spacial score (nSPS) is 24.6. The van der Waals surface area contributed by atoms with Gasteiger partial charge in [0.25, 0.3) is 5.91 Å². The molecule has 1 aliphatic rings. The number of hydrogen-bond donors (Lipinski definition) is 1. The third-order valence-corrected chi connectivity index (χ3v) is 4.07. The van der Waals surface area contributed by atoms with Gasteiger partial charge in [0.1, 0.15) is 0 Å².